The summed E-state index contributed by atoms with van der Waals surface area (Å²) >= 11 is 0. The van der Waals surface area contributed by atoms with Crippen LogP contribution in [0.5, 0.6) is 0 Å². The van der Waals surface area contributed by atoms with Crippen LogP contribution in [0.15, 0.2) is 12.2 Å². The maximum Gasteiger partial charge on any atom is 0.306 e. The van der Waals surface area contributed by atoms with Crippen molar-refractivity contribution in [2.75, 3.05) is 20.3 Å². The molecule has 0 radical (unpaired) electrons. The van der Waals surface area contributed by atoms with Gasteiger partial charge in [0.1, 0.15) is 0 Å². The monoisotopic (exact) mass is 308 g/mol. The van der Waals surface area contributed by atoms with Gasteiger partial charge in [0.2, 0.25) is 0 Å². The first-order valence-corrected chi connectivity index (χ1v) is 8.18. The number of carbonyl (C=O) groups excluding carboxylic acids is 1. The molecule has 2 bridgehead atoms. The van der Waals surface area contributed by atoms with Crippen LogP contribution in [0.25, 0.3) is 0 Å². The number of carbonyl (C=O) groups is 1. The molecule has 3 saturated carbocycles. The van der Waals surface area contributed by atoms with Crippen LogP contribution in [-0.4, -0.2) is 43.8 Å². The minimum atomic E-state index is -0.529. The van der Waals surface area contributed by atoms with Gasteiger partial charge in [0, 0.05) is 16.7 Å². The molecular weight excluding hydrogens is 284 g/mol. The highest BCUT2D eigenvalue weighted by molar-refractivity contribution is 5.71. The summed E-state index contributed by atoms with van der Waals surface area (Å²) in [5.41, 5.74) is -0.832. The van der Waals surface area contributed by atoms with Gasteiger partial charge in [-0.1, -0.05) is 19.1 Å². The van der Waals surface area contributed by atoms with Gasteiger partial charge in [0.25, 0.3) is 0 Å². The maximum atomic E-state index is 12.0. The van der Waals surface area contributed by atoms with Gasteiger partial charge < -0.3 is 19.3 Å². The maximum absolute atomic E-state index is 12.0. The first-order valence-electron chi connectivity index (χ1n) is 8.18. The molecule has 0 aromatic heterocycles. The van der Waals surface area contributed by atoms with Gasteiger partial charge in [-0.25, -0.2) is 0 Å². The molecule has 0 amide bonds. The lowest BCUT2D eigenvalue weighted by Gasteiger charge is -2.68. The number of aliphatic hydroxyl groups is 1. The molecule has 5 atom stereocenters. The van der Waals surface area contributed by atoms with Crippen molar-refractivity contribution in [3.63, 3.8) is 0 Å². The van der Waals surface area contributed by atoms with Crippen LogP contribution < -0.4 is 0 Å². The fraction of sp³-hybridized carbons (Fsp3) is 0.824. The second-order valence-electron chi connectivity index (χ2n) is 7.44. The standard InChI is InChI=1S/C17H24O5/c1-15-5-3-4-6-17(15)11(13-21-7-8-22-13)9-16(15,14(17)19)10-12(18)20-2/h4,6,11,13-14,19H,3,5,7-10H2,1-2H3/t11-,14+,15+,16+,17+/m1/s1. The molecule has 1 heterocycles. The number of fused-ring (bicyclic) bond motifs is 1. The smallest absolute Gasteiger partial charge is 0.306 e. The third-order valence-corrected chi connectivity index (χ3v) is 7.10. The fourth-order valence-electron chi connectivity index (χ4n) is 6.06. The van der Waals surface area contributed by atoms with E-state index in [1.807, 2.05) is 0 Å². The minimum absolute atomic E-state index is 0.0949. The number of hydrogen-bond donors (Lipinski definition) is 1. The second-order valence-corrected chi connectivity index (χ2v) is 7.44. The molecule has 4 aliphatic carbocycles. The van der Waals surface area contributed by atoms with Gasteiger partial charge >= 0.3 is 5.97 Å². The Morgan fingerprint density at radius 2 is 2.14 bits per heavy atom. The quantitative estimate of drug-likeness (QED) is 0.634. The molecule has 5 heteroatoms. The molecule has 1 N–H and O–H groups in total. The Morgan fingerprint density at radius 3 is 2.82 bits per heavy atom. The number of methoxy groups -OCH3 is 1. The van der Waals surface area contributed by atoms with Crippen molar-refractivity contribution in [1.82, 2.24) is 0 Å². The van der Waals surface area contributed by atoms with Crippen LogP contribution in [0.2, 0.25) is 0 Å². The number of esters is 1. The molecule has 4 fully saturated rings. The Balaban J connectivity index is 1.75. The van der Waals surface area contributed by atoms with Crippen LogP contribution in [0.4, 0.5) is 0 Å². The minimum Gasteiger partial charge on any atom is -0.469 e. The summed E-state index contributed by atoms with van der Waals surface area (Å²) in [5.74, 6) is -0.131. The summed E-state index contributed by atoms with van der Waals surface area (Å²) in [7, 11) is 1.41. The van der Waals surface area contributed by atoms with Crippen molar-refractivity contribution in [3.8, 4) is 0 Å². The van der Waals surface area contributed by atoms with Crippen molar-refractivity contribution in [1.29, 1.82) is 0 Å². The van der Waals surface area contributed by atoms with E-state index in [2.05, 4.69) is 19.1 Å². The third kappa shape index (κ3) is 1.39. The lowest BCUT2D eigenvalue weighted by molar-refractivity contribution is -0.260. The lowest BCUT2D eigenvalue weighted by Crippen LogP contribution is -2.70. The second kappa shape index (κ2) is 4.56. The molecule has 5 nitrogen and oxygen atoms in total. The Kier molecular flexibility index (Phi) is 3.04. The number of allylic oxidation sites excluding steroid dienone is 1. The normalized spacial score (nSPS) is 49.8. The number of hydrogen-bond acceptors (Lipinski definition) is 5. The molecule has 1 saturated heterocycles. The zero-order chi connectivity index (χ0) is 15.6. The molecule has 5 rings (SSSR count). The Hall–Kier alpha value is -0.910. The summed E-state index contributed by atoms with van der Waals surface area (Å²) in [4.78, 5) is 12.0. The molecule has 0 aromatic rings. The molecule has 22 heavy (non-hydrogen) atoms. The van der Waals surface area contributed by atoms with Crippen LogP contribution in [0.3, 0.4) is 0 Å². The molecule has 1 spiro atoms. The summed E-state index contributed by atoms with van der Waals surface area (Å²) in [5, 5.41) is 11.1. The zero-order valence-electron chi connectivity index (χ0n) is 13.2. The van der Waals surface area contributed by atoms with E-state index in [1.165, 1.54) is 7.11 Å². The molecule has 5 aliphatic rings. The van der Waals surface area contributed by atoms with Gasteiger partial charge in [-0.15, -0.1) is 0 Å². The molecule has 0 aromatic carbocycles. The Labute approximate surface area is 130 Å². The van der Waals surface area contributed by atoms with E-state index < -0.39 is 11.5 Å². The van der Waals surface area contributed by atoms with Crippen LogP contribution >= 0.6 is 0 Å². The van der Waals surface area contributed by atoms with Gasteiger partial charge in [-0.3, -0.25) is 4.79 Å². The average Bonchev–Trinajstić information content (AvgIpc) is 3.17. The summed E-state index contributed by atoms with van der Waals surface area (Å²) in [6.45, 7) is 3.44. The van der Waals surface area contributed by atoms with E-state index in [1.54, 1.807) is 0 Å². The Morgan fingerprint density at radius 1 is 1.41 bits per heavy atom. The molecule has 122 valence electrons. The highest BCUT2D eigenvalue weighted by Crippen LogP contribution is 2.84. The van der Waals surface area contributed by atoms with E-state index in [-0.39, 0.29) is 35.4 Å². The predicted molar refractivity (Wildman–Crippen MR) is 77.8 cm³/mol. The largest absolute Gasteiger partial charge is 0.469 e. The number of aliphatic hydroxyl groups excluding tert-OH is 1. The van der Waals surface area contributed by atoms with E-state index >= 15 is 0 Å². The molecule has 1 aliphatic heterocycles. The van der Waals surface area contributed by atoms with E-state index in [4.69, 9.17) is 14.2 Å². The van der Waals surface area contributed by atoms with Gasteiger partial charge in [-0.05, 0) is 24.7 Å². The van der Waals surface area contributed by atoms with Crippen molar-refractivity contribution >= 4 is 5.97 Å². The zero-order valence-corrected chi connectivity index (χ0v) is 13.2. The van der Waals surface area contributed by atoms with Gasteiger partial charge in [0.05, 0.1) is 32.8 Å². The molecule has 0 unspecified atom stereocenters. The Bertz CT molecular complexity index is 525. The van der Waals surface area contributed by atoms with E-state index in [0.29, 0.717) is 13.2 Å². The third-order valence-electron chi connectivity index (χ3n) is 7.10. The number of ether oxygens (including phenoxy) is 3. The van der Waals surface area contributed by atoms with Crippen molar-refractivity contribution in [2.24, 2.45) is 22.2 Å². The fourth-order valence-corrected chi connectivity index (χ4v) is 6.06. The van der Waals surface area contributed by atoms with Crippen molar-refractivity contribution in [2.45, 2.75) is 45.0 Å². The van der Waals surface area contributed by atoms with E-state index in [9.17, 15) is 9.90 Å². The SMILES string of the molecule is COC(=O)C[C@]12C[C@H](C3OCCO3)[C@@]3(C=CCC[C@@]13C)[C@H]2O. The first-order chi connectivity index (χ1) is 10.5. The van der Waals surface area contributed by atoms with Crippen LogP contribution in [0.1, 0.15) is 32.6 Å². The van der Waals surface area contributed by atoms with Gasteiger partial charge in [-0.2, -0.15) is 0 Å². The molecular formula is C17H24O5. The highest BCUT2D eigenvalue weighted by atomic mass is 16.7. The lowest BCUT2D eigenvalue weighted by atomic mass is 9.36. The summed E-state index contributed by atoms with van der Waals surface area (Å²) in [6, 6.07) is 0. The first kappa shape index (κ1) is 14.7. The topological polar surface area (TPSA) is 65.0 Å². The average molecular weight is 308 g/mol. The summed E-state index contributed by atoms with van der Waals surface area (Å²) in [6.07, 6.45) is 6.57. The van der Waals surface area contributed by atoms with Crippen LogP contribution in [-0.2, 0) is 19.0 Å². The van der Waals surface area contributed by atoms with Crippen molar-refractivity contribution < 1.29 is 24.1 Å². The van der Waals surface area contributed by atoms with Gasteiger partial charge in [0.15, 0.2) is 6.29 Å². The highest BCUT2D eigenvalue weighted by Gasteiger charge is 2.85. The van der Waals surface area contributed by atoms with E-state index in [0.717, 1.165) is 19.3 Å². The van der Waals surface area contributed by atoms with Crippen LogP contribution in [0, 0.1) is 22.2 Å². The van der Waals surface area contributed by atoms with Crippen molar-refractivity contribution in [3.05, 3.63) is 12.2 Å². The number of rotatable bonds is 3. The summed E-state index contributed by atoms with van der Waals surface area (Å²) < 4.78 is 16.4. The predicted octanol–water partition coefficient (Wildman–Crippen LogP) is 1.65.